The lowest BCUT2D eigenvalue weighted by Gasteiger charge is -2.30. The maximum atomic E-state index is 11.9. The predicted molar refractivity (Wildman–Crippen MR) is 69.4 cm³/mol. The SMILES string of the molecule is COC(=O)C(C)(CCCOCCC(F)(F)F)NC(C)C. The third-order valence-corrected chi connectivity index (χ3v) is 2.74. The topological polar surface area (TPSA) is 47.6 Å². The number of alkyl halides is 3. The van der Waals surface area contributed by atoms with Gasteiger partial charge in [0.25, 0.3) is 0 Å². The second kappa shape index (κ2) is 8.46. The molecule has 0 spiro atoms. The van der Waals surface area contributed by atoms with Gasteiger partial charge in [-0.25, -0.2) is 0 Å². The minimum Gasteiger partial charge on any atom is -0.468 e. The molecule has 0 fully saturated rings. The quantitative estimate of drug-likeness (QED) is 0.525. The summed E-state index contributed by atoms with van der Waals surface area (Å²) < 4.78 is 45.4. The van der Waals surface area contributed by atoms with Gasteiger partial charge in [-0.2, -0.15) is 13.2 Å². The van der Waals surface area contributed by atoms with Crippen molar-refractivity contribution >= 4 is 5.97 Å². The van der Waals surface area contributed by atoms with Crippen molar-refractivity contribution in [1.82, 2.24) is 5.32 Å². The lowest BCUT2D eigenvalue weighted by molar-refractivity contribution is -0.148. The van der Waals surface area contributed by atoms with Crippen molar-refractivity contribution in [2.45, 2.75) is 57.8 Å². The van der Waals surface area contributed by atoms with Gasteiger partial charge in [0.05, 0.1) is 20.1 Å². The van der Waals surface area contributed by atoms with Crippen LogP contribution in [-0.4, -0.2) is 44.0 Å². The fourth-order valence-corrected chi connectivity index (χ4v) is 1.91. The van der Waals surface area contributed by atoms with Crippen LogP contribution in [0.25, 0.3) is 0 Å². The van der Waals surface area contributed by atoms with Crippen LogP contribution < -0.4 is 5.32 Å². The van der Waals surface area contributed by atoms with E-state index in [0.29, 0.717) is 12.8 Å². The average molecular weight is 299 g/mol. The van der Waals surface area contributed by atoms with Gasteiger partial charge in [-0.3, -0.25) is 10.1 Å². The molecule has 20 heavy (non-hydrogen) atoms. The van der Waals surface area contributed by atoms with E-state index in [1.165, 1.54) is 7.11 Å². The molecule has 0 aromatic rings. The lowest BCUT2D eigenvalue weighted by Crippen LogP contribution is -2.53. The Kier molecular flexibility index (Phi) is 8.12. The first-order chi connectivity index (χ1) is 9.10. The molecular formula is C13H24F3NO3. The molecular weight excluding hydrogens is 275 g/mol. The summed E-state index contributed by atoms with van der Waals surface area (Å²) >= 11 is 0. The Morgan fingerprint density at radius 2 is 1.80 bits per heavy atom. The molecule has 4 nitrogen and oxygen atoms in total. The summed E-state index contributed by atoms with van der Waals surface area (Å²) in [6.45, 7) is 5.36. The van der Waals surface area contributed by atoms with Gasteiger partial charge in [-0.15, -0.1) is 0 Å². The Morgan fingerprint density at radius 3 is 2.25 bits per heavy atom. The van der Waals surface area contributed by atoms with Crippen LogP contribution in [0.2, 0.25) is 0 Å². The van der Waals surface area contributed by atoms with E-state index in [4.69, 9.17) is 9.47 Å². The zero-order valence-electron chi connectivity index (χ0n) is 12.5. The molecule has 1 unspecified atom stereocenters. The van der Waals surface area contributed by atoms with E-state index in [-0.39, 0.29) is 25.2 Å². The Morgan fingerprint density at radius 1 is 1.20 bits per heavy atom. The smallest absolute Gasteiger partial charge is 0.391 e. The van der Waals surface area contributed by atoms with Gasteiger partial charge < -0.3 is 9.47 Å². The first-order valence-corrected chi connectivity index (χ1v) is 6.61. The predicted octanol–water partition coefficient (Wildman–Crippen LogP) is 2.67. The highest BCUT2D eigenvalue weighted by molar-refractivity contribution is 5.80. The van der Waals surface area contributed by atoms with E-state index >= 15 is 0 Å². The van der Waals surface area contributed by atoms with Crippen molar-refractivity contribution in [3.63, 3.8) is 0 Å². The van der Waals surface area contributed by atoms with Crippen LogP contribution in [0, 0.1) is 0 Å². The van der Waals surface area contributed by atoms with Crippen LogP contribution >= 0.6 is 0 Å². The number of halogens is 3. The van der Waals surface area contributed by atoms with Crippen LogP contribution in [-0.2, 0) is 14.3 Å². The number of hydrogen-bond donors (Lipinski definition) is 1. The molecule has 0 rings (SSSR count). The molecule has 0 bridgehead atoms. The first kappa shape index (κ1) is 19.2. The highest BCUT2D eigenvalue weighted by Crippen LogP contribution is 2.19. The van der Waals surface area contributed by atoms with Crippen LogP contribution in [0.15, 0.2) is 0 Å². The molecule has 7 heteroatoms. The molecule has 0 aromatic heterocycles. The highest BCUT2D eigenvalue weighted by atomic mass is 19.4. The molecule has 0 aliphatic heterocycles. The molecule has 0 aromatic carbocycles. The number of carbonyl (C=O) groups excluding carboxylic acids is 1. The Bertz CT molecular complexity index is 295. The number of esters is 1. The van der Waals surface area contributed by atoms with E-state index in [2.05, 4.69) is 5.32 Å². The number of methoxy groups -OCH3 is 1. The summed E-state index contributed by atoms with van der Waals surface area (Å²) in [7, 11) is 1.31. The summed E-state index contributed by atoms with van der Waals surface area (Å²) in [5.74, 6) is -0.388. The van der Waals surface area contributed by atoms with E-state index in [1.54, 1.807) is 6.92 Å². The van der Waals surface area contributed by atoms with Gasteiger partial charge in [0.2, 0.25) is 0 Å². The number of nitrogens with one attached hydrogen (secondary N) is 1. The summed E-state index contributed by atoms with van der Waals surface area (Å²) in [6, 6.07) is 0.0882. The number of hydrogen-bond acceptors (Lipinski definition) is 4. The normalized spacial score (nSPS) is 15.2. The molecule has 120 valence electrons. The second-order valence-corrected chi connectivity index (χ2v) is 5.20. The van der Waals surface area contributed by atoms with Crippen molar-refractivity contribution in [2.24, 2.45) is 0 Å². The summed E-state index contributed by atoms with van der Waals surface area (Å²) in [5.41, 5.74) is -0.851. The Balaban J connectivity index is 4.06. The molecule has 0 amide bonds. The molecule has 0 saturated heterocycles. The third kappa shape index (κ3) is 8.37. The Hall–Kier alpha value is -0.820. The van der Waals surface area contributed by atoms with Gasteiger partial charge >= 0.3 is 12.1 Å². The highest BCUT2D eigenvalue weighted by Gasteiger charge is 2.34. The van der Waals surface area contributed by atoms with Crippen molar-refractivity contribution in [2.75, 3.05) is 20.3 Å². The molecule has 0 heterocycles. The summed E-state index contributed by atoms with van der Waals surface area (Å²) in [4.78, 5) is 11.7. The monoisotopic (exact) mass is 299 g/mol. The van der Waals surface area contributed by atoms with Crippen molar-refractivity contribution < 1.29 is 27.4 Å². The number of rotatable bonds is 9. The standard InChI is InChI=1S/C13H24F3NO3/c1-10(2)17-12(3,11(18)19-4)6-5-8-20-9-7-13(14,15)16/h10,17H,5-9H2,1-4H3. The van der Waals surface area contributed by atoms with Crippen LogP contribution in [0.3, 0.4) is 0 Å². The van der Waals surface area contributed by atoms with Crippen molar-refractivity contribution in [1.29, 1.82) is 0 Å². The van der Waals surface area contributed by atoms with E-state index < -0.39 is 18.1 Å². The minimum atomic E-state index is -4.19. The van der Waals surface area contributed by atoms with Gasteiger partial charge in [-0.1, -0.05) is 0 Å². The van der Waals surface area contributed by atoms with Gasteiger partial charge in [-0.05, 0) is 33.6 Å². The summed E-state index contributed by atoms with van der Waals surface area (Å²) in [5, 5.41) is 3.11. The van der Waals surface area contributed by atoms with Gasteiger partial charge in [0, 0.05) is 12.6 Å². The van der Waals surface area contributed by atoms with E-state index in [1.807, 2.05) is 13.8 Å². The third-order valence-electron chi connectivity index (χ3n) is 2.74. The molecule has 0 aliphatic carbocycles. The maximum Gasteiger partial charge on any atom is 0.391 e. The fraction of sp³-hybridized carbons (Fsp3) is 0.923. The molecule has 0 radical (unpaired) electrons. The number of carbonyl (C=O) groups is 1. The zero-order valence-corrected chi connectivity index (χ0v) is 12.5. The van der Waals surface area contributed by atoms with Crippen LogP contribution in [0.4, 0.5) is 13.2 Å². The average Bonchev–Trinajstić information content (AvgIpc) is 2.30. The lowest BCUT2D eigenvalue weighted by atomic mass is 9.95. The van der Waals surface area contributed by atoms with Crippen LogP contribution in [0.5, 0.6) is 0 Å². The molecule has 1 N–H and O–H groups in total. The van der Waals surface area contributed by atoms with Crippen LogP contribution in [0.1, 0.15) is 40.0 Å². The summed E-state index contributed by atoms with van der Waals surface area (Å²) in [6.07, 6.45) is -4.24. The molecule has 0 aliphatic rings. The molecule has 1 atom stereocenters. The largest absolute Gasteiger partial charge is 0.468 e. The van der Waals surface area contributed by atoms with E-state index in [9.17, 15) is 18.0 Å². The Labute approximate surface area is 118 Å². The maximum absolute atomic E-state index is 11.9. The molecule has 0 saturated carbocycles. The van der Waals surface area contributed by atoms with Crippen molar-refractivity contribution in [3.8, 4) is 0 Å². The number of ether oxygens (including phenoxy) is 2. The fourth-order valence-electron chi connectivity index (χ4n) is 1.91. The van der Waals surface area contributed by atoms with E-state index in [0.717, 1.165) is 0 Å². The van der Waals surface area contributed by atoms with Crippen molar-refractivity contribution in [3.05, 3.63) is 0 Å². The minimum absolute atomic E-state index is 0.0882. The van der Waals surface area contributed by atoms with Gasteiger partial charge in [0.15, 0.2) is 0 Å². The van der Waals surface area contributed by atoms with Gasteiger partial charge in [0.1, 0.15) is 5.54 Å². The zero-order chi connectivity index (χ0) is 15.8. The first-order valence-electron chi connectivity index (χ1n) is 6.61. The second-order valence-electron chi connectivity index (χ2n) is 5.20.